The maximum atomic E-state index is 13.7. The zero-order valence-corrected chi connectivity index (χ0v) is 22.7. The van der Waals surface area contributed by atoms with Gasteiger partial charge in [0.15, 0.2) is 0 Å². The first-order valence-electron chi connectivity index (χ1n) is 11.8. The van der Waals surface area contributed by atoms with Crippen LogP contribution in [0.1, 0.15) is 45.6 Å². The number of ether oxygens (including phenoxy) is 1. The lowest BCUT2D eigenvalue weighted by Crippen LogP contribution is -2.37. The van der Waals surface area contributed by atoms with Gasteiger partial charge in [0.25, 0.3) is 0 Å². The summed E-state index contributed by atoms with van der Waals surface area (Å²) in [5.74, 6) is -0.0798. The molecule has 0 bridgehead atoms. The van der Waals surface area contributed by atoms with E-state index in [1.807, 2.05) is 58.0 Å². The summed E-state index contributed by atoms with van der Waals surface area (Å²) >= 11 is 6.11. The first-order valence-corrected chi connectivity index (χ1v) is 13.6. The molecule has 0 saturated carbocycles. The van der Waals surface area contributed by atoms with Gasteiger partial charge in [-0.25, -0.2) is 8.42 Å². The molecule has 0 aromatic heterocycles. The van der Waals surface area contributed by atoms with Crippen LogP contribution in [-0.2, 0) is 26.1 Å². The van der Waals surface area contributed by atoms with Gasteiger partial charge in [0.05, 0.1) is 11.0 Å². The van der Waals surface area contributed by atoms with Gasteiger partial charge in [0.2, 0.25) is 15.9 Å². The SMILES string of the molecule is CN(C)c1ccc(NC(=O)CC(C)(C)C)cc1CN(C[C@@H]1CCCO1)S(=O)(=O)c1cccc(Cl)c1. The molecular formula is C26H36ClN3O4S. The predicted octanol–water partition coefficient (Wildman–Crippen LogP) is 5.15. The highest BCUT2D eigenvalue weighted by atomic mass is 35.5. The number of nitrogens with one attached hydrogen (secondary N) is 1. The van der Waals surface area contributed by atoms with Crippen LogP contribution in [0.2, 0.25) is 5.02 Å². The van der Waals surface area contributed by atoms with Gasteiger partial charge in [-0.2, -0.15) is 4.31 Å². The fourth-order valence-electron chi connectivity index (χ4n) is 4.14. The lowest BCUT2D eigenvalue weighted by atomic mass is 9.92. The largest absolute Gasteiger partial charge is 0.377 e. The van der Waals surface area contributed by atoms with E-state index >= 15 is 0 Å². The molecule has 1 saturated heterocycles. The third kappa shape index (κ3) is 7.67. The highest BCUT2D eigenvalue weighted by Crippen LogP contribution is 2.29. The Labute approximate surface area is 214 Å². The average molecular weight is 522 g/mol. The first kappa shape index (κ1) is 27.5. The van der Waals surface area contributed by atoms with Crippen molar-refractivity contribution in [1.29, 1.82) is 0 Å². The summed E-state index contributed by atoms with van der Waals surface area (Å²) in [5, 5.41) is 3.32. The van der Waals surface area contributed by atoms with E-state index in [0.29, 0.717) is 23.7 Å². The number of hydrogen-bond donors (Lipinski definition) is 1. The monoisotopic (exact) mass is 521 g/mol. The van der Waals surface area contributed by atoms with Crippen LogP contribution in [0.4, 0.5) is 11.4 Å². The number of sulfonamides is 1. The molecule has 1 heterocycles. The number of rotatable bonds is 9. The second-order valence-corrected chi connectivity index (χ2v) is 12.8. The lowest BCUT2D eigenvalue weighted by molar-refractivity contribution is -0.117. The van der Waals surface area contributed by atoms with Crippen LogP contribution in [0.3, 0.4) is 0 Å². The van der Waals surface area contributed by atoms with Gasteiger partial charge in [-0.3, -0.25) is 4.79 Å². The minimum absolute atomic E-state index is 0.0798. The molecule has 9 heteroatoms. The summed E-state index contributed by atoms with van der Waals surface area (Å²) in [7, 11) is -0.0300. The first-order chi connectivity index (χ1) is 16.3. The maximum absolute atomic E-state index is 13.7. The van der Waals surface area contributed by atoms with Crippen molar-refractivity contribution in [3.8, 4) is 0 Å². The fraction of sp³-hybridized carbons (Fsp3) is 0.500. The summed E-state index contributed by atoms with van der Waals surface area (Å²) < 4.78 is 34.6. The Kier molecular flexibility index (Phi) is 8.86. The van der Waals surface area contributed by atoms with E-state index in [0.717, 1.165) is 24.1 Å². The van der Waals surface area contributed by atoms with E-state index in [-0.39, 0.29) is 35.4 Å². The molecule has 35 heavy (non-hydrogen) atoms. The van der Waals surface area contributed by atoms with E-state index in [4.69, 9.17) is 16.3 Å². The normalized spacial score (nSPS) is 16.5. The number of nitrogens with zero attached hydrogens (tertiary/aromatic N) is 2. The van der Waals surface area contributed by atoms with E-state index < -0.39 is 10.0 Å². The van der Waals surface area contributed by atoms with Crippen LogP contribution in [0.25, 0.3) is 0 Å². The van der Waals surface area contributed by atoms with Gasteiger partial charge >= 0.3 is 0 Å². The molecule has 2 aromatic carbocycles. The number of halogens is 1. The van der Waals surface area contributed by atoms with E-state index in [1.165, 1.54) is 10.4 Å². The smallest absolute Gasteiger partial charge is 0.243 e. The van der Waals surface area contributed by atoms with E-state index in [9.17, 15) is 13.2 Å². The summed E-state index contributed by atoms with van der Waals surface area (Å²) in [5.41, 5.74) is 2.15. The van der Waals surface area contributed by atoms with E-state index in [2.05, 4.69) is 5.32 Å². The molecule has 0 spiro atoms. The quantitative estimate of drug-likeness (QED) is 0.493. The highest BCUT2D eigenvalue weighted by molar-refractivity contribution is 7.89. The molecule has 1 N–H and O–H groups in total. The number of carbonyl (C=O) groups is 1. The second kappa shape index (κ2) is 11.3. The average Bonchev–Trinajstić information content (AvgIpc) is 3.25. The van der Waals surface area contributed by atoms with Crippen LogP contribution in [-0.4, -0.2) is 52.0 Å². The molecule has 1 aliphatic heterocycles. The Morgan fingerprint density at radius 2 is 1.91 bits per heavy atom. The number of carbonyl (C=O) groups excluding carboxylic acids is 1. The van der Waals surface area contributed by atoms with Crippen LogP contribution in [0.15, 0.2) is 47.4 Å². The standard InChI is InChI=1S/C26H36ClN3O4S/c1-26(2,3)16-25(31)28-21-11-12-24(29(4)5)19(14-21)17-30(18-22-9-7-13-34-22)35(32,33)23-10-6-8-20(27)15-23/h6,8,10-12,14-15,22H,7,9,13,16-18H2,1-5H3,(H,28,31)/t22-/m0/s1. The zero-order chi connectivity index (χ0) is 25.8. The Morgan fingerprint density at radius 3 is 2.51 bits per heavy atom. The molecule has 1 aliphatic rings. The molecular weight excluding hydrogens is 486 g/mol. The van der Waals surface area contributed by atoms with Crippen molar-refractivity contribution in [2.45, 2.75) is 57.6 Å². The molecule has 0 unspecified atom stereocenters. The molecule has 0 radical (unpaired) electrons. The van der Waals surface area contributed by atoms with Crippen molar-refractivity contribution >= 4 is 38.9 Å². The summed E-state index contributed by atoms with van der Waals surface area (Å²) in [4.78, 5) is 14.6. The van der Waals surface area contributed by atoms with Crippen molar-refractivity contribution in [3.63, 3.8) is 0 Å². The van der Waals surface area contributed by atoms with Crippen molar-refractivity contribution in [2.75, 3.05) is 37.5 Å². The highest BCUT2D eigenvalue weighted by Gasteiger charge is 2.30. The number of hydrogen-bond acceptors (Lipinski definition) is 5. The van der Waals surface area contributed by atoms with Crippen LogP contribution < -0.4 is 10.2 Å². The minimum atomic E-state index is -3.85. The number of anilines is 2. The van der Waals surface area contributed by atoms with Crippen LogP contribution in [0, 0.1) is 5.41 Å². The third-order valence-corrected chi connectivity index (χ3v) is 7.79. The van der Waals surface area contributed by atoms with Gasteiger partial charge in [0, 0.05) is 56.6 Å². The number of benzene rings is 2. The Morgan fingerprint density at radius 1 is 1.17 bits per heavy atom. The zero-order valence-electron chi connectivity index (χ0n) is 21.2. The van der Waals surface area contributed by atoms with Crippen LogP contribution >= 0.6 is 11.6 Å². The molecule has 7 nitrogen and oxygen atoms in total. The summed E-state index contributed by atoms with van der Waals surface area (Å²) in [6.45, 7) is 7.03. The van der Waals surface area contributed by atoms with Crippen molar-refractivity contribution < 1.29 is 17.9 Å². The third-order valence-electron chi connectivity index (χ3n) is 5.75. The number of amides is 1. The maximum Gasteiger partial charge on any atom is 0.243 e. The van der Waals surface area contributed by atoms with Crippen LogP contribution in [0.5, 0.6) is 0 Å². The molecule has 1 fully saturated rings. The Balaban J connectivity index is 1.96. The Bertz CT molecular complexity index is 1140. The topological polar surface area (TPSA) is 79.0 Å². The minimum Gasteiger partial charge on any atom is -0.377 e. The van der Waals surface area contributed by atoms with E-state index in [1.54, 1.807) is 18.2 Å². The molecule has 192 valence electrons. The molecule has 3 rings (SSSR count). The molecule has 2 aromatic rings. The molecule has 1 amide bonds. The predicted molar refractivity (Wildman–Crippen MR) is 141 cm³/mol. The van der Waals surface area contributed by atoms with Crippen molar-refractivity contribution in [2.24, 2.45) is 5.41 Å². The lowest BCUT2D eigenvalue weighted by Gasteiger charge is -2.27. The Hall–Kier alpha value is -2.13. The summed E-state index contributed by atoms with van der Waals surface area (Å²) in [6, 6.07) is 11.9. The molecule has 1 atom stereocenters. The van der Waals surface area contributed by atoms with Gasteiger partial charge in [-0.05, 0) is 60.2 Å². The van der Waals surface area contributed by atoms with Crippen molar-refractivity contribution in [3.05, 3.63) is 53.1 Å². The summed E-state index contributed by atoms with van der Waals surface area (Å²) in [6.07, 6.45) is 1.94. The van der Waals surface area contributed by atoms with Gasteiger partial charge in [-0.15, -0.1) is 0 Å². The van der Waals surface area contributed by atoms with Gasteiger partial charge < -0.3 is 15.0 Å². The fourth-order valence-corrected chi connectivity index (χ4v) is 5.89. The molecule has 0 aliphatic carbocycles. The second-order valence-electron chi connectivity index (χ2n) is 10.4. The van der Waals surface area contributed by atoms with Gasteiger partial charge in [0.1, 0.15) is 0 Å². The van der Waals surface area contributed by atoms with Crippen molar-refractivity contribution in [1.82, 2.24) is 4.31 Å². The van der Waals surface area contributed by atoms with Gasteiger partial charge in [-0.1, -0.05) is 38.4 Å².